The van der Waals surface area contributed by atoms with Gasteiger partial charge in [0, 0.05) is 49.9 Å². The molecule has 0 N–H and O–H groups in total. The van der Waals surface area contributed by atoms with Gasteiger partial charge in [-0.3, -0.25) is 0 Å². The Kier molecular flexibility index (Phi) is 7.82. The van der Waals surface area contributed by atoms with Gasteiger partial charge in [-0.05, 0) is 88.5 Å². The Labute approximate surface area is 330 Å². The zero-order chi connectivity index (χ0) is 37.7. The molecular formula is C54H36N2O. The number of fused-ring (bicyclic) bond motifs is 6. The van der Waals surface area contributed by atoms with E-state index in [1.165, 1.54) is 21.9 Å². The first-order valence-electron chi connectivity index (χ1n) is 19.4. The lowest BCUT2D eigenvalue weighted by molar-refractivity contribution is 0.670. The maximum Gasteiger partial charge on any atom is 0.143 e. The second kappa shape index (κ2) is 13.6. The minimum atomic E-state index is 0.899. The summed E-state index contributed by atoms with van der Waals surface area (Å²) in [7, 11) is 0. The van der Waals surface area contributed by atoms with Gasteiger partial charge in [0.25, 0.3) is 0 Å². The molecule has 3 heteroatoms. The van der Waals surface area contributed by atoms with Gasteiger partial charge in [0.05, 0.1) is 11.0 Å². The highest BCUT2D eigenvalue weighted by Crippen LogP contribution is 2.43. The molecule has 0 aliphatic heterocycles. The van der Waals surface area contributed by atoms with Crippen LogP contribution < -0.4 is 4.90 Å². The van der Waals surface area contributed by atoms with Crippen LogP contribution in [0.25, 0.3) is 82.8 Å². The fourth-order valence-corrected chi connectivity index (χ4v) is 8.56. The summed E-state index contributed by atoms with van der Waals surface area (Å²) >= 11 is 0. The molecule has 268 valence electrons. The zero-order valence-electron chi connectivity index (χ0n) is 31.1. The first kappa shape index (κ1) is 32.8. The van der Waals surface area contributed by atoms with E-state index in [2.05, 4.69) is 222 Å². The largest absolute Gasteiger partial charge is 0.455 e. The van der Waals surface area contributed by atoms with Crippen molar-refractivity contribution in [3.05, 3.63) is 218 Å². The van der Waals surface area contributed by atoms with Crippen LogP contribution in [0.2, 0.25) is 0 Å². The van der Waals surface area contributed by atoms with Crippen molar-refractivity contribution >= 4 is 60.8 Å². The topological polar surface area (TPSA) is 21.3 Å². The van der Waals surface area contributed by atoms with Crippen LogP contribution in [0.4, 0.5) is 17.1 Å². The first-order chi connectivity index (χ1) is 28.3. The summed E-state index contributed by atoms with van der Waals surface area (Å²) < 4.78 is 9.00. The summed E-state index contributed by atoms with van der Waals surface area (Å²) in [6.45, 7) is 0. The van der Waals surface area contributed by atoms with E-state index in [9.17, 15) is 0 Å². The van der Waals surface area contributed by atoms with Gasteiger partial charge in [0.1, 0.15) is 11.2 Å². The molecule has 2 heterocycles. The number of aromatic nitrogens is 1. The van der Waals surface area contributed by atoms with Gasteiger partial charge >= 0.3 is 0 Å². The van der Waals surface area contributed by atoms with Crippen LogP contribution in [0.1, 0.15) is 0 Å². The van der Waals surface area contributed by atoms with Gasteiger partial charge in [-0.2, -0.15) is 0 Å². The summed E-state index contributed by atoms with van der Waals surface area (Å²) in [5.74, 6) is 0. The molecule has 11 aromatic rings. The van der Waals surface area contributed by atoms with E-state index in [4.69, 9.17) is 4.42 Å². The molecule has 0 amide bonds. The average Bonchev–Trinajstić information content (AvgIpc) is 3.83. The Morgan fingerprint density at radius 3 is 1.72 bits per heavy atom. The third-order valence-electron chi connectivity index (χ3n) is 11.2. The van der Waals surface area contributed by atoms with E-state index in [1.807, 2.05) is 6.07 Å². The van der Waals surface area contributed by atoms with Crippen molar-refractivity contribution in [3.8, 4) is 39.1 Å². The molecule has 11 rings (SSSR count). The summed E-state index contributed by atoms with van der Waals surface area (Å²) in [5, 5.41) is 4.68. The van der Waals surface area contributed by atoms with Crippen LogP contribution >= 0.6 is 0 Å². The molecule has 9 aromatic carbocycles. The fourth-order valence-electron chi connectivity index (χ4n) is 8.56. The van der Waals surface area contributed by atoms with Crippen LogP contribution in [-0.2, 0) is 0 Å². The van der Waals surface area contributed by atoms with Crippen molar-refractivity contribution in [3.63, 3.8) is 0 Å². The Bertz CT molecular complexity index is 3220. The summed E-state index contributed by atoms with van der Waals surface area (Å²) in [6.07, 6.45) is 0. The number of furan rings is 1. The van der Waals surface area contributed by atoms with E-state index in [0.717, 1.165) is 78.0 Å². The maximum atomic E-state index is 6.57. The third-order valence-corrected chi connectivity index (χ3v) is 11.2. The van der Waals surface area contributed by atoms with Gasteiger partial charge in [-0.1, -0.05) is 158 Å². The van der Waals surface area contributed by atoms with Crippen molar-refractivity contribution in [2.75, 3.05) is 4.90 Å². The molecule has 0 atom stereocenters. The number of nitrogens with zero attached hydrogens (tertiary/aromatic N) is 2. The first-order valence-corrected chi connectivity index (χ1v) is 19.4. The minimum absolute atomic E-state index is 0.899. The quantitative estimate of drug-likeness (QED) is 0.163. The highest BCUT2D eigenvalue weighted by atomic mass is 16.3. The second-order valence-electron chi connectivity index (χ2n) is 14.5. The van der Waals surface area contributed by atoms with Crippen molar-refractivity contribution in [1.82, 2.24) is 4.57 Å². The summed E-state index contributed by atoms with van der Waals surface area (Å²) in [4.78, 5) is 2.35. The van der Waals surface area contributed by atoms with E-state index < -0.39 is 0 Å². The molecule has 0 spiro atoms. The molecule has 0 radical (unpaired) electrons. The van der Waals surface area contributed by atoms with Gasteiger partial charge in [0.15, 0.2) is 0 Å². The lowest BCUT2D eigenvalue weighted by Gasteiger charge is -2.26. The Morgan fingerprint density at radius 1 is 0.333 bits per heavy atom. The summed E-state index contributed by atoms with van der Waals surface area (Å²) in [5.41, 5.74) is 15.4. The number of benzene rings is 9. The highest BCUT2D eigenvalue weighted by Gasteiger charge is 2.20. The minimum Gasteiger partial charge on any atom is -0.455 e. The lowest BCUT2D eigenvalue weighted by atomic mass is 9.93. The van der Waals surface area contributed by atoms with Gasteiger partial charge in [-0.15, -0.1) is 0 Å². The van der Waals surface area contributed by atoms with E-state index in [1.54, 1.807) is 0 Å². The van der Waals surface area contributed by atoms with E-state index in [-0.39, 0.29) is 0 Å². The average molecular weight is 729 g/mol. The lowest BCUT2D eigenvalue weighted by Crippen LogP contribution is -2.10. The predicted molar refractivity (Wildman–Crippen MR) is 239 cm³/mol. The molecular weight excluding hydrogens is 693 g/mol. The van der Waals surface area contributed by atoms with Gasteiger partial charge < -0.3 is 13.9 Å². The number of hydrogen-bond acceptors (Lipinski definition) is 2. The molecule has 0 unspecified atom stereocenters. The molecule has 57 heavy (non-hydrogen) atoms. The fraction of sp³-hybridized carbons (Fsp3) is 0. The number of anilines is 3. The molecule has 0 aliphatic rings. The molecule has 0 saturated heterocycles. The maximum absolute atomic E-state index is 6.57. The SMILES string of the molecule is c1ccc(-c2ccc(N(c3ccccc3)c3ccc4c5ccccc5n(-c5ccc(-c6cccc7c6oc6ccccc67)c(-c6ccccc6)c5)c4c3)cc2)cc1. The van der Waals surface area contributed by atoms with Gasteiger partial charge in [-0.25, -0.2) is 0 Å². The monoisotopic (exact) mass is 728 g/mol. The molecule has 0 bridgehead atoms. The third kappa shape index (κ3) is 5.60. The van der Waals surface area contributed by atoms with Crippen LogP contribution in [0, 0.1) is 0 Å². The van der Waals surface area contributed by atoms with E-state index in [0.29, 0.717) is 0 Å². The predicted octanol–water partition coefficient (Wildman–Crippen LogP) is 15.2. The standard InChI is InChI=1S/C54H36N2O/c1-4-15-37(16-5-1)38-27-29-41(30-28-38)55(40-19-8-3-9-20-40)43-32-34-46-45-21-10-12-25-51(45)56(52(46)36-43)42-31-33-44(50(35-42)39-17-6-2-7-18-39)48-23-14-24-49-47-22-11-13-26-53(47)57-54(48)49/h1-36H. The number of hydrogen-bond donors (Lipinski definition) is 0. The Balaban J connectivity index is 1.11. The molecule has 3 nitrogen and oxygen atoms in total. The van der Waals surface area contributed by atoms with Crippen LogP contribution in [0.5, 0.6) is 0 Å². The van der Waals surface area contributed by atoms with Crippen molar-refractivity contribution < 1.29 is 4.42 Å². The van der Waals surface area contributed by atoms with Crippen molar-refractivity contribution in [1.29, 1.82) is 0 Å². The smallest absolute Gasteiger partial charge is 0.143 e. The second-order valence-corrected chi connectivity index (χ2v) is 14.5. The van der Waals surface area contributed by atoms with Crippen molar-refractivity contribution in [2.24, 2.45) is 0 Å². The highest BCUT2D eigenvalue weighted by molar-refractivity contribution is 6.12. The number of rotatable bonds is 7. The Hall–Kier alpha value is -7.62. The molecule has 2 aromatic heterocycles. The van der Waals surface area contributed by atoms with Crippen LogP contribution in [-0.4, -0.2) is 4.57 Å². The van der Waals surface area contributed by atoms with Crippen molar-refractivity contribution in [2.45, 2.75) is 0 Å². The Morgan fingerprint density at radius 2 is 0.930 bits per heavy atom. The van der Waals surface area contributed by atoms with Gasteiger partial charge in [0.2, 0.25) is 0 Å². The zero-order valence-corrected chi connectivity index (χ0v) is 31.1. The molecule has 0 aliphatic carbocycles. The summed E-state index contributed by atoms with van der Waals surface area (Å²) in [6, 6.07) is 78.1. The number of para-hydroxylation sites is 4. The molecule has 0 saturated carbocycles. The van der Waals surface area contributed by atoms with E-state index >= 15 is 0 Å². The van der Waals surface area contributed by atoms with Crippen LogP contribution in [0.15, 0.2) is 223 Å². The normalized spacial score (nSPS) is 11.5. The van der Waals surface area contributed by atoms with Crippen LogP contribution in [0.3, 0.4) is 0 Å². The molecule has 0 fully saturated rings.